The van der Waals surface area contributed by atoms with E-state index in [4.69, 9.17) is 10.5 Å². The first kappa shape index (κ1) is 13.6. The smallest absolute Gasteiger partial charge is 0.215 e. The lowest BCUT2D eigenvalue weighted by Gasteiger charge is -2.05. The number of ketones is 1. The highest BCUT2D eigenvalue weighted by Gasteiger charge is 2.20. The summed E-state index contributed by atoms with van der Waals surface area (Å²) < 4.78 is 18.8. The monoisotopic (exact) mass is 280 g/mol. The fourth-order valence-corrected chi connectivity index (χ4v) is 2.34. The van der Waals surface area contributed by atoms with E-state index in [0.29, 0.717) is 5.01 Å². The van der Waals surface area contributed by atoms with E-state index in [0.717, 1.165) is 0 Å². The van der Waals surface area contributed by atoms with Crippen LogP contribution in [0.25, 0.3) is 0 Å². The van der Waals surface area contributed by atoms with Gasteiger partial charge in [0.1, 0.15) is 10.7 Å². The number of methoxy groups -OCH3 is 1. The molecule has 4 nitrogen and oxygen atoms in total. The maximum absolute atomic E-state index is 14.0. The van der Waals surface area contributed by atoms with E-state index in [9.17, 15) is 9.18 Å². The fourth-order valence-electron chi connectivity index (χ4n) is 1.58. The van der Waals surface area contributed by atoms with Crippen LogP contribution in [-0.4, -0.2) is 17.9 Å². The molecule has 1 unspecified atom stereocenters. The van der Waals surface area contributed by atoms with Crippen LogP contribution < -0.4 is 10.5 Å². The number of aromatic nitrogens is 1. The topological polar surface area (TPSA) is 65.2 Å². The van der Waals surface area contributed by atoms with Crippen LogP contribution in [0.1, 0.15) is 34.0 Å². The zero-order valence-corrected chi connectivity index (χ0v) is 11.3. The Kier molecular flexibility index (Phi) is 3.92. The number of nitrogens with two attached hydrogens (primary N) is 1. The third-order valence-electron chi connectivity index (χ3n) is 2.57. The molecule has 100 valence electrons. The summed E-state index contributed by atoms with van der Waals surface area (Å²) in [5, 5.41) is 2.23. The van der Waals surface area contributed by atoms with Gasteiger partial charge in [-0.15, -0.1) is 11.3 Å². The lowest BCUT2D eigenvalue weighted by Crippen LogP contribution is -2.08. The first-order chi connectivity index (χ1) is 9.04. The van der Waals surface area contributed by atoms with Crippen molar-refractivity contribution in [2.24, 2.45) is 5.73 Å². The van der Waals surface area contributed by atoms with Crippen molar-refractivity contribution in [1.82, 2.24) is 4.98 Å². The second kappa shape index (κ2) is 5.46. The number of nitrogens with zero attached hydrogens (tertiary/aromatic N) is 1. The zero-order valence-electron chi connectivity index (χ0n) is 10.5. The number of thiazole rings is 1. The number of rotatable bonds is 4. The van der Waals surface area contributed by atoms with Gasteiger partial charge in [-0.25, -0.2) is 9.37 Å². The molecule has 0 aliphatic rings. The van der Waals surface area contributed by atoms with Crippen LogP contribution in [0.5, 0.6) is 5.75 Å². The van der Waals surface area contributed by atoms with Crippen LogP contribution in [-0.2, 0) is 0 Å². The number of carbonyl (C=O) groups is 1. The Morgan fingerprint density at radius 3 is 2.84 bits per heavy atom. The molecule has 0 amide bonds. The number of ether oxygens (including phenoxy) is 1. The van der Waals surface area contributed by atoms with Crippen molar-refractivity contribution in [2.75, 3.05) is 7.11 Å². The largest absolute Gasteiger partial charge is 0.494 e. The second-order valence-corrected chi connectivity index (χ2v) is 4.90. The highest BCUT2D eigenvalue weighted by Crippen LogP contribution is 2.24. The molecule has 2 rings (SSSR count). The maximum Gasteiger partial charge on any atom is 0.215 e. The molecule has 2 aromatic rings. The minimum atomic E-state index is -0.676. The van der Waals surface area contributed by atoms with Crippen molar-refractivity contribution in [3.63, 3.8) is 0 Å². The predicted molar refractivity (Wildman–Crippen MR) is 71.1 cm³/mol. The molecule has 0 bridgehead atoms. The van der Waals surface area contributed by atoms with Crippen molar-refractivity contribution in [3.8, 4) is 5.75 Å². The van der Waals surface area contributed by atoms with E-state index in [1.54, 1.807) is 18.4 Å². The van der Waals surface area contributed by atoms with Crippen LogP contribution in [0.4, 0.5) is 4.39 Å². The first-order valence-electron chi connectivity index (χ1n) is 5.62. The summed E-state index contributed by atoms with van der Waals surface area (Å²) in [6, 6.07) is 4.18. The van der Waals surface area contributed by atoms with Gasteiger partial charge in [-0.1, -0.05) is 6.07 Å². The number of hydrogen-bond acceptors (Lipinski definition) is 5. The average Bonchev–Trinajstić information content (AvgIpc) is 2.88. The van der Waals surface area contributed by atoms with Gasteiger partial charge in [0.05, 0.1) is 18.7 Å². The van der Waals surface area contributed by atoms with Crippen molar-refractivity contribution in [2.45, 2.75) is 13.0 Å². The minimum absolute atomic E-state index is 0.0356. The van der Waals surface area contributed by atoms with E-state index in [-0.39, 0.29) is 23.0 Å². The molecule has 0 aliphatic heterocycles. The van der Waals surface area contributed by atoms with Crippen molar-refractivity contribution < 1.29 is 13.9 Å². The Bertz CT molecular complexity index is 610. The lowest BCUT2D eigenvalue weighted by atomic mass is 10.1. The summed E-state index contributed by atoms with van der Waals surface area (Å²) in [5.74, 6) is -1.11. The Morgan fingerprint density at radius 1 is 1.53 bits per heavy atom. The molecule has 19 heavy (non-hydrogen) atoms. The van der Waals surface area contributed by atoms with Gasteiger partial charge in [-0.3, -0.25) is 4.79 Å². The molecule has 6 heteroatoms. The molecule has 0 spiro atoms. The molecule has 1 heterocycles. The molecule has 0 radical (unpaired) electrons. The van der Waals surface area contributed by atoms with E-state index >= 15 is 0 Å². The highest BCUT2D eigenvalue weighted by molar-refractivity contribution is 7.09. The fraction of sp³-hybridized carbons (Fsp3) is 0.231. The van der Waals surface area contributed by atoms with Crippen molar-refractivity contribution in [1.29, 1.82) is 0 Å². The van der Waals surface area contributed by atoms with Gasteiger partial charge in [0.2, 0.25) is 5.78 Å². The number of halogens is 1. The average molecular weight is 280 g/mol. The lowest BCUT2D eigenvalue weighted by molar-refractivity contribution is 0.103. The number of carbonyl (C=O) groups excluding carboxylic acids is 1. The van der Waals surface area contributed by atoms with Gasteiger partial charge in [0, 0.05) is 5.38 Å². The highest BCUT2D eigenvalue weighted by atomic mass is 32.1. The Hall–Kier alpha value is -1.79. The van der Waals surface area contributed by atoms with Crippen molar-refractivity contribution >= 4 is 17.1 Å². The molecule has 0 aliphatic carbocycles. The van der Waals surface area contributed by atoms with E-state index < -0.39 is 11.6 Å². The molecule has 0 fully saturated rings. The van der Waals surface area contributed by atoms with Crippen LogP contribution >= 0.6 is 11.3 Å². The SMILES string of the molecule is COc1cccc(C(=O)c2csc(C(C)N)n2)c1F. The first-order valence-corrected chi connectivity index (χ1v) is 6.50. The molecule has 1 aromatic heterocycles. The summed E-state index contributed by atoms with van der Waals surface area (Å²) in [5.41, 5.74) is 5.83. The third kappa shape index (κ3) is 2.64. The number of hydrogen-bond donors (Lipinski definition) is 1. The van der Waals surface area contributed by atoms with E-state index in [1.807, 2.05) is 0 Å². The van der Waals surface area contributed by atoms with Gasteiger partial charge in [-0.05, 0) is 19.1 Å². The maximum atomic E-state index is 14.0. The quantitative estimate of drug-likeness (QED) is 0.874. The Morgan fingerprint density at radius 2 is 2.26 bits per heavy atom. The minimum Gasteiger partial charge on any atom is -0.494 e. The molecular formula is C13H13FN2O2S. The standard InChI is InChI=1S/C13H13FN2O2S/c1-7(15)13-16-9(6-19-13)12(17)8-4-3-5-10(18-2)11(8)14/h3-7H,15H2,1-2H3. The Balaban J connectivity index is 2.38. The molecule has 1 atom stereocenters. The Labute approximate surface area is 114 Å². The third-order valence-corrected chi connectivity index (χ3v) is 3.62. The second-order valence-electron chi connectivity index (χ2n) is 4.01. The predicted octanol–water partition coefficient (Wildman–Crippen LogP) is 2.54. The van der Waals surface area contributed by atoms with Crippen LogP contribution in [0.3, 0.4) is 0 Å². The van der Waals surface area contributed by atoms with Crippen molar-refractivity contribution in [3.05, 3.63) is 45.7 Å². The molecule has 2 N–H and O–H groups in total. The van der Waals surface area contributed by atoms with E-state index in [1.165, 1.54) is 30.6 Å². The molecule has 0 saturated carbocycles. The molecule has 1 aromatic carbocycles. The van der Waals surface area contributed by atoms with Crippen LogP contribution in [0, 0.1) is 5.82 Å². The normalized spacial score (nSPS) is 12.2. The number of benzene rings is 1. The molecule has 0 saturated heterocycles. The molecular weight excluding hydrogens is 267 g/mol. The summed E-state index contributed by atoms with van der Waals surface area (Å²) in [7, 11) is 1.35. The van der Waals surface area contributed by atoms with Gasteiger partial charge in [0.15, 0.2) is 11.6 Å². The van der Waals surface area contributed by atoms with Gasteiger partial charge < -0.3 is 10.5 Å². The zero-order chi connectivity index (χ0) is 14.0. The summed E-state index contributed by atoms with van der Waals surface area (Å²) >= 11 is 1.29. The van der Waals surface area contributed by atoms with Gasteiger partial charge >= 0.3 is 0 Å². The summed E-state index contributed by atoms with van der Waals surface area (Å²) in [4.78, 5) is 16.3. The van der Waals surface area contributed by atoms with Crippen LogP contribution in [0.2, 0.25) is 0 Å². The van der Waals surface area contributed by atoms with E-state index in [2.05, 4.69) is 4.98 Å². The van der Waals surface area contributed by atoms with Gasteiger partial charge in [0.25, 0.3) is 0 Å². The summed E-state index contributed by atoms with van der Waals surface area (Å²) in [6.45, 7) is 1.78. The van der Waals surface area contributed by atoms with Gasteiger partial charge in [-0.2, -0.15) is 0 Å². The van der Waals surface area contributed by atoms with Crippen LogP contribution in [0.15, 0.2) is 23.6 Å². The summed E-state index contributed by atoms with van der Waals surface area (Å²) in [6.07, 6.45) is 0.